The third-order valence-corrected chi connectivity index (χ3v) is 2.80. The summed E-state index contributed by atoms with van der Waals surface area (Å²) in [6, 6.07) is 0. The minimum Gasteiger partial charge on any atom is -0.466 e. The summed E-state index contributed by atoms with van der Waals surface area (Å²) in [4.78, 5) is 24.2. The lowest BCUT2D eigenvalue weighted by Gasteiger charge is -2.35. The van der Waals surface area contributed by atoms with E-state index in [1.54, 1.807) is 14.0 Å². The third-order valence-electron chi connectivity index (χ3n) is 2.80. The zero-order valence-electron chi connectivity index (χ0n) is 10.0. The molecule has 0 aromatic heterocycles. The molecule has 1 saturated heterocycles. The summed E-state index contributed by atoms with van der Waals surface area (Å²) in [5.41, 5.74) is 0. The normalized spacial score (nSPS) is 24.4. The number of rotatable bonds is 4. The van der Waals surface area contributed by atoms with Gasteiger partial charge in [0, 0.05) is 0 Å². The van der Waals surface area contributed by atoms with Crippen LogP contribution in [0.25, 0.3) is 0 Å². The number of piperidine rings is 1. The molecule has 1 fully saturated rings. The molecule has 0 spiro atoms. The van der Waals surface area contributed by atoms with Crippen molar-refractivity contribution in [3.05, 3.63) is 0 Å². The average Bonchev–Trinajstić information content (AvgIpc) is 2.15. The fraction of sp³-hybridized carbons (Fsp3) is 0.818. The SMILES string of the molecule is CCOC(=O)CC(=O)C1CCN(C)CC1(F)F. The van der Waals surface area contributed by atoms with E-state index < -0.39 is 36.6 Å². The minimum absolute atomic E-state index is 0.0851. The van der Waals surface area contributed by atoms with Crippen LogP contribution in [0.1, 0.15) is 19.8 Å². The van der Waals surface area contributed by atoms with Gasteiger partial charge in [0.1, 0.15) is 6.42 Å². The molecule has 1 aliphatic heterocycles. The predicted octanol–water partition coefficient (Wildman–Crippen LogP) is 1.10. The molecular weight excluding hydrogens is 232 g/mol. The van der Waals surface area contributed by atoms with Gasteiger partial charge in [0.25, 0.3) is 5.92 Å². The Kier molecular flexibility index (Phi) is 4.56. The van der Waals surface area contributed by atoms with Gasteiger partial charge in [-0.2, -0.15) is 0 Å². The van der Waals surface area contributed by atoms with Crippen LogP contribution in [0, 0.1) is 5.92 Å². The number of alkyl halides is 2. The summed E-state index contributed by atoms with van der Waals surface area (Å²) in [6.45, 7) is 1.75. The lowest BCUT2D eigenvalue weighted by molar-refractivity contribution is -0.155. The number of hydrogen-bond acceptors (Lipinski definition) is 4. The van der Waals surface area contributed by atoms with Crippen molar-refractivity contribution in [2.24, 2.45) is 5.92 Å². The van der Waals surface area contributed by atoms with Crippen LogP contribution in [0.3, 0.4) is 0 Å². The maximum Gasteiger partial charge on any atom is 0.313 e. The molecule has 1 aliphatic rings. The Morgan fingerprint density at radius 3 is 2.65 bits per heavy atom. The number of nitrogens with zero attached hydrogens (tertiary/aromatic N) is 1. The molecule has 4 nitrogen and oxygen atoms in total. The van der Waals surface area contributed by atoms with E-state index in [0.717, 1.165) is 0 Å². The smallest absolute Gasteiger partial charge is 0.313 e. The number of esters is 1. The molecule has 0 saturated carbocycles. The summed E-state index contributed by atoms with van der Waals surface area (Å²) in [5.74, 6) is -5.87. The summed E-state index contributed by atoms with van der Waals surface area (Å²) < 4.78 is 31.8. The number of ether oxygens (including phenoxy) is 1. The zero-order chi connectivity index (χ0) is 13.1. The van der Waals surface area contributed by atoms with Gasteiger partial charge in [-0.1, -0.05) is 0 Å². The fourth-order valence-electron chi connectivity index (χ4n) is 1.98. The Labute approximate surface area is 98.9 Å². The molecule has 0 N–H and O–H groups in total. The van der Waals surface area contributed by atoms with Crippen molar-refractivity contribution in [3.63, 3.8) is 0 Å². The highest BCUT2D eigenvalue weighted by atomic mass is 19.3. The molecule has 98 valence electrons. The van der Waals surface area contributed by atoms with Gasteiger partial charge in [0.05, 0.1) is 19.1 Å². The quantitative estimate of drug-likeness (QED) is 0.553. The van der Waals surface area contributed by atoms with Crippen molar-refractivity contribution in [1.29, 1.82) is 0 Å². The van der Waals surface area contributed by atoms with Crippen LogP contribution in [0.2, 0.25) is 0 Å². The first kappa shape index (κ1) is 14.0. The summed E-state index contributed by atoms with van der Waals surface area (Å²) in [5, 5.41) is 0. The molecule has 6 heteroatoms. The fourth-order valence-corrected chi connectivity index (χ4v) is 1.98. The van der Waals surface area contributed by atoms with Crippen molar-refractivity contribution in [1.82, 2.24) is 4.90 Å². The van der Waals surface area contributed by atoms with E-state index in [0.29, 0.717) is 6.54 Å². The van der Waals surface area contributed by atoms with Crippen molar-refractivity contribution >= 4 is 11.8 Å². The molecule has 0 amide bonds. The van der Waals surface area contributed by atoms with E-state index in [4.69, 9.17) is 0 Å². The second kappa shape index (κ2) is 5.53. The van der Waals surface area contributed by atoms with E-state index in [9.17, 15) is 18.4 Å². The molecule has 0 aliphatic carbocycles. The van der Waals surface area contributed by atoms with Gasteiger partial charge in [0.15, 0.2) is 5.78 Å². The van der Waals surface area contributed by atoms with Gasteiger partial charge >= 0.3 is 5.97 Å². The number of halogens is 2. The third kappa shape index (κ3) is 3.73. The monoisotopic (exact) mass is 249 g/mol. The maximum atomic E-state index is 13.6. The van der Waals surface area contributed by atoms with Crippen LogP contribution >= 0.6 is 0 Å². The molecule has 0 aromatic carbocycles. The molecule has 1 heterocycles. The number of carbonyl (C=O) groups excluding carboxylic acids is 2. The molecular formula is C11H17F2NO3. The van der Waals surface area contributed by atoms with E-state index in [-0.39, 0.29) is 13.0 Å². The van der Waals surface area contributed by atoms with E-state index >= 15 is 0 Å². The summed E-state index contributed by atoms with van der Waals surface area (Å²) in [7, 11) is 1.58. The van der Waals surface area contributed by atoms with Crippen LogP contribution in [-0.2, 0) is 14.3 Å². The van der Waals surface area contributed by atoms with E-state index in [1.165, 1.54) is 4.90 Å². The highest BCUT2D eigenvalue weighted by Crippen LogP contribution is 2.33. The van der Waals surface area contributed by atoms with E-state index in [1.807, 2.05) is 0 Å². The Morgan fingerprint density at radius 2 is 2.12 bits per heavy atom. The van der Waals surface area contributed by atoms with Gasteiger partial charge in [-0.25, -0.2) is 8.78 Å². The first-order chi connectivity index (χ1) is 7.86. The van der Waals surface area contributed by atoms with Crippen LogP contribution < -0.4 is 0 Å². The highest BCUT2D eigenvalue weighted by Gasteiger charge is 2.47. The number of hydrogen-bond donors (Lipinski definition) is 0. The number of carbonyl (C=O) groups is 2. The van der Waals surface area contributed by atoms with Crippen molar-refractivity contribution < 1.29 is 23.1 Å². The Bertz CT molecular complexity index is 307. The van der Waals surface area contributed by atoms with Gasteiger partial charge in [-0.3, -0.25) is 9.59 Å². The molecule has 1 unspecified atom stereocenters. The lowest BCUT2D eigenvalue weighted by atomic mass is 9.88. The second-order valence-electron chi connectivity index (χ2n) is 4.29. The van der Waals surface area contributed by atoms with Crippen molar-refractivity contribution in [3.8, 4) is 0 Å². The minimum atomic E-state index is -3.06. The van der Waals surface area contributed by atoms with E-state index in [2.05, 4.69) is 4.74 Å². The van der Waals surface area contributed by atoms with Crippen LogP contribution in [-0.4, -0.2) is 49.3 Å². The summed E-state index contributed by atoms with van der Waals surface area (Å²) >= 11 is 0. The Hall–Kier alpha value is -1.04. The first-order valence-corrected chi connectivity index (χ1v) is 5.61. The standard InChI is InChI=1S/C11H17F2NO3/c1-3-17-10(16)6-9(15)8-4-5-14(2)7-11(8,12)13/h8H,3-7H2,1-2H3. The van der Waals surface area contributed by atoms with Crippen molar-refractivity contribution in [2.75, 3.05) is 26.7 Å². The lowest BCUT2D eigenvalue weighted by Crippen LogP contribution is -2.50. The molecule has 17 heavy (non-hydrogen) atoms. The molecule has 0 bridgehead atoms. The Balaban J connectivity index is 2.59. The second-order valence-corrected chi connectivity index (χ2v) is 4.29. The van der Waals surface area contributed by atoms with Crippen LogP contribution in [0.15, 0.2) is 0 Å². The van der Waals surface area contributed by atoms with Gasteiger partial charge < -0.3 is 9.64 Å². The van der Waals surface area contributed by atoms with Crippen molar-refractivity contribution in [2.45, 2.75) is 25.7 Å². The topological polar surface area (TPSA) is 46.6 Å². The van der Waals surface area contributed by atoms with Crippen LogP contribution in [0.4, 0.5) is 8.78 Å². The first-order valence-electron chi connectivity index (χ1n) is 5.61. The molecule has 1 rings (SSSR count). The number of likely N-dealkylation sites (tertiary alicyclic amines) is 1. The van der Waals surface area contributed by atoms with Gasteiger partial charge in [-0.15, -0.1) is 0 Å². The molecule has 0 radical (unpaired) electrons. The molecule has 1 atom stereocenters. The number of ketones is 1. The summed E-state index contributed by atoms with van der Waals surface area (Å²) in [6.07, 6.45) is -0.473. The maximum absolute atomic E-state index is 13.6. The number of Topliss-reactive ketones (excluding diaryl/α,β-unsaturated/α-hetero) is 1. The Morgan fingerprint density at radius 1 is 1.47 bits per heavy atom. The largest absolute Gasteiger partial charge is 0.466 e. The average molecular weight is 249 g/mol. The predicted molar refractivity (Wildman–Crippen MR) is 56.8 cm³/mol. The van der Waals surface area contributed by atoms with Crippen LogP contribution in [0.5, 0.6) is 0 Å². The zero-order valence-corrected chi connectivity index (χ0v) is 10.0. The van der Waals surface area contributed by atoms with Gasteiger partial charge in [0.2, 0.25) is 0 Å². The molecule has 0 aromatic rings. The highest BCUT2D eigenvalue weighted by molar-refractivity contribution is 5.97. The van der Waals surface area contributed by atoms with Gasteiger partial charge in [-0.05, 0) is 26.9 Å².